The highest BCUT2D eigenvalue weighted by Gasteiger charge is 2.17. The Bertz CT molecular complexity index is 356. The molecule has 0 spiro atoms. The lowest BCUT2D eigenvalue weighted by atomic mass is 9.94. The maximum atomic E-state index is 10.6. The molecule has 0 radical (unpaired) electrons. The summed E-state index contributed by atoms with van der Waals surface area (Å²) in [4.78, 5) is 10.6. The fourth-order valence-electron chi connectivity index (χ4n) is 1.87. The van der Waals surface area contributed by atoms with Crippen LogP contribution in [0.3, 0.4) is 0 Å². The Hall–Kier alpha value is -1.35. The molecule has 0 saturated carbocycles. The second-order valence-corrected chi connectivity index (χ2v) is 4.48. The molecule has 0 amide bonds. The average molecular weight is 236 g/mol. The first-order chi connectivity index (χ1) is 8.04. The van der Waals surface area contributed by atoms with Crippen LogP contribution in [0.1, 0.15) is 43.7 Å². The molecule has 2 N–H and O–H groups in total. The molecule has 0 saturated heterocycles. The quantitative estimate of drug-likeness (QED) is 0.798. The molecule has 0 aliphatic rings. The lowest BCUT2D eigenvalue weighted by molar-refractivity contribution is -0.147. The van der Waals surface area contributed by atoms with E-state index in [1.54, 1.807) is 0 Å². The molecule has 3 heteroatoms. The predicted octanol–water partition coefficient (Wildman–Crippen LogP) is 2.58. The first kappa shape index (κ1) is 13.7. The van der Waals surface area contributed by atoms with Crippen LogP contribution in [0.4, 0.5) is 0 Å². The highest BCUT2D eigenvalue weighted by Crippen LogP contribution is 2.21. The Morgan fingerprint density at radius 3 is 2.35 bits per heavy atom. The number of hydrogen-bond donors (Lipinski definition) is 2. The summed E-state index contributed by atoms with van der Waals surface area (Å²) < 4.78 is 0. The number of aliphatic hydroxyl groups is 1. The van der Waals surface area contributed by atoms with E-state index in [0.29, 0.717) is 0 Å². The third-order valence-corrected chi connectivity index (χ3v) is 2.95. The lowest BCUT2D eigenvalue weighted by Gasteiger charge is -2.14. The van der Waals surface area contributed by atoms with Crippen LogP contribution in [0.25, 0.3) is 0 Å². The Kier molecular flexibility index (Phi) is 5.16. The number of carbonyl (C=O) groups is 1. The van der Waals surface area contributed by atoms with Gasteiger partial charge in [-0.05, 0) is 29.9 Å². The summed E-state index contributed by atoms with van der Waals surface area (Å²) >= 11 is 0. The van der Waals surface area contributed by atoms with Gasteiger partial charge in [0.05, 0.1) is 0 Å². The van der Waals surface area contributed by atoms with E-state index in [9.17, 15) is 9.90 Å². The Morgan fingerprint density at radius 2 is 1.88 bits per heavy atom. The van der Waals surface area contributed by atoms with Gasteiger partial charge in [0.25, 0.3) is 0 Å². The summed E-state index contributed by atoms with van der Waals surface area (Å²) in [6.07, 6.45) is 1.15. The molecule has 94 valence electrons. The minimum absolute atomic E-state index is 0.0526. The van der Waals surface area contributed by atoms with Crippen molar-refractivity contribution in [2.75, 3.05) is 0 Å². The third kappa shape index (κ3) is 4.19. The van der Waals surface area contributed by atoms with Gasteiger partial charge in [-0.1, -0.05) is 44.5 Å². The normalized spacial score (nSPS) is 14.3. The molecule has 17 heavy (non-hydrogen) atoms. The fourth-order valence-corrected chi connectivity index (χ4v) is 1.87. The number of rotatable bonds is 6. The maximum Gasteiger partial charge on any atom is 0.332 e. The van der Waals surface area contributed by atoms with Crippen LogP contribution in [-0.4, -0.2) is 22.3 Å². The summed E-state index contributed by atoms with van der Waals surface area (Å²) in [5.41, 5.74) is 2.37. The monoisotopic (exact) mass is 236 g/mol. The van der Waals surface area contributed by atoms with Crippen molar-refractivity contribution >= 4 is 5.97 Å². The van der Waals surface area contributed by atoms with Crippen molar-refractivity contribution in [1.29, 1.82) is 0 Å². The summed E-state index contributed by atoms with van der Waals surface area (Å²) in [7, 11) is 0. The van der Waals surface area contributed by atoms with Crippen molar-refractivity contribution in [2.45, 2.75) is 45.1 Å². The Labute approximate surface area is 102 Å². The number of aryl methyl sites for hydroxylation is 1. The van der Waals surface area contributed by atoms with Crippen molar-refractivity contribution < 1.29 is 15.0 Å². The van der Waals surface area contributed by atoms with Gasteiger partial charge in [-0.3, -0.25) is 0 Å². The first-order valence-electron chi connectivity index (χ1n) is 6.04. The van der Waals surface area contributed by atoms with Gasteiger partial charge in [0.15, 0.2) is 6.10 Å². The second-order valence-electron chi connectivity index (χ2n) is 4.48. The highest BCUT2D eigenvalue weighted by molar-refractivity contribution is 5.71. The smallest absolute Gasteiger partial charge is 0.332 e. The number of benzene rings is 1. The molecule has 1 aromatic carbocycles. The van der Waals surface area contributed by atoms with Gasteiger partial charge in [-0.25, -0.2) is 4.79 Å². The second kappa shape index (κ2) is 6.40. The van der Waals surface area contributed by atoms with Gasteiger partial charge in [0, 0.05) is 0 Å². The number of hydrogen-bond acceptors (Lipinski definition) is 2. The van der Waals surface area contributed by atoms with E-state index in [-0.39, 0.29) is 12.3 Å². The van der Waals surface area contributed by atoms with Gasteiger partial charge < -0.3 is 10.2 Å². The van der Waals surface area contributed by atoms with Gasteiger partial charge in [0.1, 0.15) is 0 Å². The molecule has 0 aliphatic heterocycles. The number of aliphatic hydroxyl groups excluding tert-OH is 1. The molecule has 0 aromatic heterocycles. The van der Waals surface area contributed by atoms with E-state index in [2.05, 4.69) is 19.1 Å². The Balaban J connectivity index is 2.63. The van der Waals surface area contributed by atoms with Crippen molar-refractivity contribution in [1.82, 2.24) is 0 Å². The Morgan fingerprint density at radius 1 is 1.29 bits per heavy atom. The van der Waals surface area contributed by atoms with Gasteiger partial charge in [0.2, 0.25) is 0 Å². The standard InChI is InChI=1S/C14H20O3/c1-3-4-11-5-7-12(8-6-11)10(2)9-13(15)14(16)17/h5-8,10,13,15H,3-4,9H2,1-2H3,(H,16,17). The van der Waals surface area contributed by atoms with E-state index in [1.807, 2.05) is 19.1 Å². The molecule has 2 unspecified atom stereocenters. The van der Waals surface area contributed by atoms with Gasteiger partial charge in [-0.15, -0.1) is 0 Å². The zero-order valence-corrected chi connectivity index (χ0v) is 10.4. The van der Waals surface area contributed by atoms with Crippen molar-refractivity contribution in [2.24, 2.45) is 0 Å². The molecule has 0 heterocycles. The van der Waals surface area contributed by atoms with Crippen LogP contribution in [0.2, 0.25) is 0 Å². The minimum Gasteiger partial charge on any atom is -0.479 e. The molecule has 2 atom stereocenters. The van der Waals surface area contributed by atoms with E-state index in [4.69, 9.17) is 5.11 Å². The highest BCUT2D eigenvalue weighted by atomic mass is 16.4. The zero-order chi connectivity index (χ0) is 12.8. The van der Waals surface area contributed by atoms with E-state index >= 15 is 0 Å². The molecular formula is C14H20O3. The van der Waals surface area contributed by atoms with Gasteiger partial charge >= 0.3 is 5.97 Å². The summed E-state index contributed by atoms with van der Waals surface area (Å²) in [6.45, 7) is 4.07. The van der Waals surface area contributed by atoms with Crippen molar-refractivity contribution in [3.63, 3.8) is 0 Å². The molecular weight excluding hydrogens is 216 g/mol. The predicted molar refractivity (Wildman–Crippen MR) is 67.1 cm³/mol. The van der Waals surface area contributed by atoms with Crippen LogP contribution < -0.4 is 0 Å². The number of aliphatic carboxylic acids is 1. The van der Waals surface area contributed by atoms with Crippen LogP contribution in [0.5, 0.6) is 0 Å². The average Bonchev–Trinajstić information content (AvgIpc) is 2.30. The van der Waals surface area contributed by atoms with Crippen LogP contribution >= 0.6 is 0 Å². The first-order valence-corrected chi connectivity index (χ1v) is 6.04. The SMILES string of the molecule is CCCc1ccc(C(C)CC(O)C(=O)O)cc1. The summed E-state index contributed by atoms with van der Waals surface area (Å²) in [6, 6.07) is 8.18. The molecule has 3 nitrogen and oxygen atoms in total. The fraction of sp³-hybridized carbons (Fsp3) is 0.500. The third-order valence-electron chi connectivity index (χ3n) is 2.95. The summed E-state index contributed by atoms with van der Waals surface area (Å²) in [5, 5.41) is 17.9. The minimum atomic E-state index is -1.28. The zero-order valence-electron chi connectivity index (χ0n) is 10.4. The lowest BCUT2D eigenvalue weighted by Crippen LogP contribution is -2.21. The maximum absolute atomic E-state index is 10.6. The number of carboxylic acid groups (broad SMARTS) is 1. The molecule has 1 rings (SSSR count). The van der Waals surface area contributed by atoms with E-state index in [0.717, 1.165) is 18.4 Å². The topological polar surface area (TPSA) is 57.5 Å². The van der Waals surface area contributed by atoms with Crippen LogP contribution in [0.15, 0.2) is 24.3 Å². The molecule has 1 aromatic rings. The summed E-state index contributed by atoms with van der Waals surface area (Å²) in [5.74, 6) is -1.10. The van der Waals surface area contributed by atoms with Crippen molar-refractivity contribution in [3.8, 4) is 0 Å². The molecule has 0 bridgehead atoms. The van der Waals surface area contributed by atoms with Crippen LogP contribution in [0, 0.1) is 0 Å². The molecule has 0 fully saturated rings. The van der Waals surface area contributed by atoms with Crippen LogP contribution in [-0.2, 0) is 11.2 Å². The van der Waals surface area contributed by atoms with Gasteiger partial charge in [-0.2, -0.15) is 0 Å². The molecule has 0 aliphatic carbocycles. The van der Waals surface area contributed by atoms with E-state index in [1.165, 1.54) is 5.56 Å². The van der Waals surface area contributed by atoms with E-state index < -0.39 is 12.1 Å². The number of carboxylic acids is 1. The van der Waals surface area contributed by atoms with Crippen molar-refractivity contribution in [3.05, 3.63) is 35.4 Å². The largest absolute Gasteiger partial charge is 0.479 e.